The van der Waals surface area contributed by atoms with E-state index in [0.29, 0.717) is 0 Å². The molecule has 1 rings (SSSR count). The van der Waals surface area contributed by atoms with E-state index in [1.54, 1.807) is 13.8 Å². The monoisotopic (exact) mass is 315 g/mol. The summed E-state index contributed by atoms with van der Waals surface area (Å²) in [5, 5.41) is 0. The van der Waals surface area contributed by atoms with E-state index in [9.17, 15) is 13.2 Å². The fraction of sp³-hybridized carbons (Fsp3) is 0.444. The Morgan fingerprint density at radius 3 is 2.47 bits per heavy atom. The molecule has 0 radical (unpaired) electrons. The van der Waals surface area contributed by atoms with Gasteiger partial charge in [0.15, 0.2) is 0 Å². The lowest BCUT2D eigenvalue weighted by Crippen LogP contribution is -2.31. The van der Waals surface area contributed by atoms with Gasteiger partial charge in [-0.05, 0) is 6.07 Å². The second-order valence-corrected chi connectivity index (χ2v) is 7.65. The van der Waals surface area contributed by atoms with E-state index in [4.69, 9.17) is 23.2 Å². The molecule has 8 heteroatoms. The van der Waals surface area contributed by atoms with Gasteiger partial charge in [-0.3, -0.25) is 4.79 Å². The van der Waals surface area contributed by atoms with Crippen molar-refractivity contribution in [2.75, 3.05) is 6.54 Å². The number of ketones is 1. The maximum atomic E-state index is 11.8. The average Bonchev–Trinajstić information content (AvgIpc) is 2.55. The first kappa shape index (κ1) is 14.9. The maximum Gasteiger partial charge on any atom is 0.243 e. The molecule has 17 heavy (non-hydrogen) atoms. The van der Waals surface area contributed by atoms with Crippen LogP contribution in [0.2, 0.25) is 8.67 Å². The van der Waals surface area contributed by atoms with E-state index in [1.165, 1.54) is 6.07 Å². The summed E-state index contributed by atoms with van der Waals surface area (Å²) in [5.74, 6) is -0.412. The molecule has 0 fully saturated rings. The van der Waals surface area contributed by atoms with Crippen molar-refractivity contribution in [3.63, 3.8) is 0 Å². The Morgan fingerprint density at radius 1 is 1.47 bits per heavy atom. The van der Waals surface area contributed by atoms with Gasteiger partial charge in [0.05, 0.1) is 10.9 Å². The van der Waals surface area contributed by atoms with Crippen LogP contribution >= 0.6 is 34.5 Å². The molecular formula is C9H11Cl2NO3S2. The zero-order chi connectivity index (χ0) is 13.2. The smallest absolute Gasteiger partial charge is 0.243 e. The summed E-state index contributed by atoms with van der Waals surface area (Å²) >= 11 is 12.4. The summed E-state index contributed by atoms with van der Waals surface area (Å²) in [7, 11) is -3.78. The van der Waals surface area contributed by atoms with Crippen LogP contribution in [0, 0.1) is 5.92 Å². The number of rotatable bonds is 5. The van der Waals surface area contributed by atoms with Crippen molar-refractivity contribution in [3.8, 4) is 0 Å². The number of nitrogens with one attached hydrogen (secondary N) is 1. The van der Waals surface area contributed by atoms with Gasteiger partial charge in [-0.2, -0.15) is 0 Å². The molecule has 0 amide bonds. The van der Waals surface area contributed by atoms with Gasteiger partial charge in [0, 0.05) is 5.92 Å². The molecule has 96 valence electrons. The molecule has 4 nitrogen and oxygen atoms in total. The van der Waals surface area contributed by atoms with Crippen LogP contribution in [0.5, 0.6) is 0 Å². The van der Waals surface area contributed by atoms with Crippen LogP contribution in [-0.2, 0) is 14.8 Å². The van der Waals surface area contributed by atoms with E-state index < -0.39 is 10.0 Å². The van der Waals surface area contributed by atoms with Crippen LogP contribution < -0.4 is 4.72 Å². The molecule has 0 aliphatic heterocycles. The minimum atomic E-state index is -3.78. The maximum absolute atomic E-state index is 11.8. The normalized spacial score (nSPS) is 12.1. The number of Topliss-reactive ketones (excluding diaryl/α,β-unsaturated/α-hetero) is 1. The first-order chi connectivity index (χ1) is 7.74. The van der Waals surface area contributed by atoms with Crippen molar-refractivity contribution >= 4 is 50.3 Å². The standard InChI is InChI=1S/C9H11Cl2NO3S2/c1-5(2)6(13)4-12-17(14,15)7-3-8(10)16-9(7)11/h3,5,12H,4H2,1-2H3. The van der Waals surface area contributed by atoms with Crippen LogP contribution in [0.15, 0.2) is 11.0 Å². The van der Waals surface area contributed by atoms with Crippen molar-refractivity contribution in [2.45, 2.75) is 18.7 Å². The van der Waals surface area contributed by atoms with E-state index >= 15 is 0 Å². The number of carbonyl (C=O) groups excluding carboxylic acids is 1. The van der Waals surface area contributed by atoms with Gasteiger partial charge in [0.2, 0.25) is 10.0 Å². The fourth-order valence-electron chi connectivity index (χ4n) is 0.956. The third-order valence-electron chi connectivity index (χ3n) is 2.00. The third-order valence-corrected chi connectivity index (χ3v) is 5.15. The van der Waals surface area contributed by atoms with Gasteiger partial charge in [-0.25, -0.2) is 13.1 Å². The first-order valence-electron chi connectivity index (χ1n) is 4.71. The van der Waals surface area contributed by atoms with Crippen molar-refractivity contribution in [1.82, 2.24) is 4.72 Å². The SMILES string of the molecule is CC(C)C(=O)CNS(=O)(=O)c1cc(Cl)sc1Cl. The molecule has 1 aromatic rings. The molecule has 0 atom stereocenters. The molecule has 0 unspecified atom stereocenters. The minimum absolute atomic E-state index is 0.0829. The Balaban J connectivity index is 2.83. The molecule has 1 heterocycles. The molecule has 0 spiro atoms. The summed E-state index contributed by atoms with van der Waals surface area (Å²) in [5.41, 5.74) is 0. The predicted molar refractivity (Wildman–Crippen MR) is 69.4 cm³/mol. The topological polar surface area (TPSA) is 63.2 Å². The highest BCUT2D eigenvalue weighted by Gasteiger charge is 2.22. The second-order valence-electron chi connectivity index (χ2n) is 3.63. The van der Waals surface area contributed by atoms with Crippen LogP contribution in [0.3, 0.4) is 0 Å². The quantitative estimate of drug-likeness (QED) is 0.908. The lowest BCUT2D eigenvalue weighted by atomic mass is 10.1. The van der Waals surface area contributed by atoms with E-state index in [0.717, 1.165) is 11.3 Å². The first-order valence-corrected chi connectivity index (χ1v) is 7.77. The van der Waals surface area contributed by atoms with E-state index in [1.807, 2.05) is 0 Å². The predicted octanol–water partition coefficient (Wildman–Crippen LogP) is 2.56. The Hall–Kier alpha value is -0.140. The molecule has 0 bridgehead atoms. The number of thiophene rings is 1. The Kier molecular flexibility index (Phi) is 4.97. The van der Waals surface area contributed by atoms with Gasteiger partial charge in [0.1, 0.15) is 15.0 Å². The molecular weight excluding hydrogens is 305 g/mol. The van der Waals surface area contributed by atoms with Crippen molar-refractivity contribution in [3.05, 3.63) is 14.7 Å². The zero-order valence-corrected chi connectivity index (χ0v) is 12.3. The highest BCUT2D eigenvalue weighted by Crippen LogP contribution is 2.33. The number of halogens is 2. The minimum Gasteiger partial charge on any atom is -0.298 e. The summed E-state index contributed by atoms with van der Waals surface area (Å²) in [6.07, 6.45) is 0. The number of carbonyl (C=O) groups is 1. The average molecular weight is 316 g/mol. The molecule has 0 saturated heterocycles. The Bertz CT molecular complexity index is 522. The van der Waals surface area contributed by atoms with Crippen molar-refractivity contribution in [2.24, 2.45) is 5.92 Å². The summed E-state index contributed by atoms with van der Waals surface area (Å²) in [6, 6.07) is 1.26. The van der Waals surface area contributed by atoms with Crippen LogP contribution in [0.25, 0.3) is 0 Å². The molecule has 0 aliphatic rings. The molecule has 0 aliphatic carbocycles. The van der Waals surface area contributed by atoms with Crippen molar-refractivity contribution in [1.29, 1.82) is 0 Å². The van der Waals surface area contributed by atoms with E-state index in [2.05, 4.69) is 4.72 Å². The number of hydrogen-bond donors (Lipinski definition) is 1. The fourth-order valence-corrected chi connectivity index (χ4v) is 4.10. The van der Waals surface area contributed by atoms with Crippen LogP contribution in [0.4, 0.5) is 0 Å². The van der Waals surface area contributed by atoms with E-state index in [-0.39, 0.29) is 31.8 Å². The Morgan fingerprint density at radius 2 is 2.06 bits per heavy atom. The van der Waals surface area contributed by atoms with Crippen LogP contribution in [-0.4, -0.2) is 20.7 Å². The molecule has 0 saturated carbocycles. The summed E-state index contributed by atoms with van der Waals surface area (Å²) in [6.45, 7) is 3.15. The summed E-state index contributed by atoms with van der Waals surface area (Å²) < 4.78 is 26.1. The molecule has 1 aromatic heterocycles. The summed E-state index contributed by atoms with van der Waals surface area (Å²) in [4.78, 5) is 11.2. The van der Waals surface area contributed by atoms with Gasteiger partial charge in [0.25, 0.3) is 0 Å². The zero-order valence-electron chi connectivity index (χ0n) is 9.16. The van der Waals surface area contributed by atoms with Gasteiger partial charge in [-0.1, -0.05) is 37.0 Å². The lowest BCUT2D eigenvalue weighted by molar-refractivity contribution is -0.120. The largest absolute Gasteiger partial charge is 0.298 e. The van der Waals surface area contributed by atoms with Gasteiger partial charge >= 0.3 is 0 Å². The van der Waals surface area contributed by atoms with Crippen LogP contribution in [0.1, 0.15) is 13.8 Å². The number of hydrogen-bond acceptors (Lipinski definition) is 4. The highest BCUT2D eigenvalue weighted by molar-refractivity contribution is 7.89. The Labute approximate surface area is 114 Å². The number of sulfonamides is 1. The molecule has 0 aromatic carbocycles. The second kappa shape index (κ2) is 5.67. The van der Waals surface area contributed by atoms with Gasteiger partial charge < -0.3 is 0 Å². The highest BCUT2D eigenvalue weighted by atomic mass is 35.5. The lowest BCUT2D eigenvalue weighted by Gasteiger charge is -2.06. The third kappa shape index (κ3) is 3.93. The van der Waals surface area contributed by atoms with Crippen molar-refractivity contribution < 1.29 is 13.2 Å². The molecule has 1 N–H and O–H groups in total. The van der Waals surface area contributed by atoms with Gasteiger partial charge in [-0.15, -0.1) is 11.3 Å².